The van der Waals surface area contributed by atoms with Gasteiger partial charge in [-0.05, 0) is 25.8 Å². The highest BCUT2D eigenvalue weighted by molar-refractivity contribution is 7.84. The van der Waals surface area contributed by atoms with Crippen molar-refractivity contribution in [2.24, 2.45) is 0 Å². The van der Waals surface area contributed by atoms with Crippen molar-refractivity contribution in [3.05, 3.63) is 34.9 Å². The summed E-state index contributed by atoms with van der Waals surface area (Å²) in [6.45, 7) is 6.20. The molecule has 0 unspecified atom stereocenters. The summed E-state index contributed by atoms with van der Waals surface area (Å²) < 4.78 is 11.9. The summed E-state index contributed by atoms with van der Waals surface area (Å²) in [7, 11) is -0.854. The average molecular weight is 267 g/mol. The quantitative estimate of drug-likeness (QED) is 0.802. The van der Waals surface area contributed by atoms with Crippen LogP contribution in [0.1, 0.15) is 30.0 Å². The maximum Gasteiger partial charge on any atom is 0.216 e. The van der Waals surface area contributed by atoms with Crippen LogP contribution in [0.2, 0.25) is 0 Å². The number of carbonyl (C=O) groups excluding carboxylic acids is 1. The largest absolute Gasteiger partial charge is 0.356 e. The number of hydrogen-bond acceptors (Lipinski definition) is 2. The van der Waals surface area contributed by atoms with E-state index in [0.717, 1.165) is 12.0 Å². The molecule has 0 aliphatic carbocycles. The van der Waals surface area contributed by atoms with Gasteiger partial charge in [0.1, 0.15) is 0 Å². The lowest BCUT2D eigenvalue weighted by atomic mass is 10.1. The molecule has 18 heavy (non-hydrogen) atoms. The molecule has 1 aromatic carbocycles. The standard InChI is InChI=1S/C14H21NO2S/c1-11-7-12(2)9-14(8-11)10-18(17)6-4-5-15-13(3)16/h7-9H,4-6,10H2,1-3H3,(H,15,16)/t18-/m0/s1. The van der Waals surface area contributed by atoms with Gasteiger partial charge < -0.3 is 5.32 Å². The van der Waals surface area contributed by atoms with Crippen LogP contribution < -0.4 is 5.32 Å². The van der Waals surface area contributed by atoms with E-state index in [2.05, 4.69) is 37.4 Å². The molecule has 3 nitrogen and oxygen atoms in total. The van der Waals surface area contributed by atoms with E-state index < -0.39 is 10.8 Å². The minimum Gasteiger partial charge on any atom is -0.356 e. The molecule has 0 radical (unpaired) electrons. The van der Waals surface area contributed by atoms with Gasteiger partial charge in [0.25, 0.3) is 0 Å². The van der Waals surface area contributed by atoms with Gasteiger partial charge in [0.2, 0.25) is 5.91 Å². The van der Waals surface area contributed by atoms with Crippen LogP contribution in [0.15, 0.2) is 18.2 Å². The van der Waals surface area contributed by atoms with Crippen molar-refractivity contribution in [1.82, 2.24) is 5.32 Å². The minimum atomic E-state index is -0.854. The van der Waals surface area contributed by atoms with Crippen molar-refractivity contribution >= 4 is 16.7 Å². The summed E-state index contributed by atoms with van der Waals surface area (Å²) in [5.74, 6) is 1.20. The summed E-state index contributed by atoms with van der Waals surface area (Å²) in [5.41, 5.74) is 3.55. The Morgan fingerprint density at radius 1 is 1.22 bits per heavy atom. The van der Waals surface area contributed by atoms with Gasteiger partial charge in [0.05, 0.1) is 0 Å². The van der Waals surface area contributed by atoms with Gasteiger partial charge >= 0.3 is 0 Å². The molecule has 0 aromatic heterocycles. The normalized spacial score (nSPS) is 12.2. The first-order chi connectivity index (χ1) is 8.47. The van der Waals surface area contributed by atoms with Crippen molar-refractivity contribution in [2.75, 3.05) is 12.3 Å². The van der Waals surface area contributed by atoms with Crippen molar-refractivity contribution in [1.29, 1.82) is 0 Å². The Bertz CT molecular complexity index is 423. The fourth-order valence-electron chi connectivity index (χ4n) is 1.91. The predicted octanol–water partition coefficient (Wildman–Crippen LogP) is 2.08. The van der Waals surface area contributed by atoms with Crippen LogP contribution in [-0.2, 0) is 21.3 Å². The molecule has 1 amide bonds. The van der Waals surface area contributed by atoms with E-state index in [9.17, 15) is 9.00 Å². The zero-order valence-corrected chi connectivity index (χ0v) is 12.1. The van der Waals surface area contributed by atoms with Gasteiger partial charge in [-0.1, -0.05) is 29.3 Å². The van der Waals surface area contributed by atoms with Crippen molar-refractivity contribution < 1.29 is 9.00 Å². The number of rotatable bonds is 6. The van der Waals surface area contributed by atoms with Gasteiger partial charge in [0.15, 0.2) is 0 Å². The molecule has 100 valence electrons. The third-order valence-electron chi connectivity index (χ3n) is 2.53. The second kappa shape index (κ2) is 7.31. The van der Waals surface area contributed by atoms with Crippen LogP contribution in [-0.4, -0.2) is 22.4 Å². The smallest absolute Gasteiger partial charge is 0.216 e. The molecule has 1 aromatic rings. The van der Waals surface area contributed by atoms with E-state index in [1.807, 2.05) is 0 Å². The average Bonchev–Trinajstić information content (AvgIpc) is 2.22. The van der Waals surface area contributed by atoms with Crippen LogP contribution in [0.3, 0.4) is 0 Å². The molecule has 0 aliphatic heterocycles. The maximum absolute atomic E-state index is 11.9. The molecule has 0 saturated carbocycles. The first-order valence-corrected chi connectivity index (χ1v) is 7.63. The van der Waals surface area contributed by atoms with E-state index >= 15 is 0 Å². The molecule has 1 rings (SSSR count). The lowest BCUT2D eigenvalue weighted by Crippen LogP contribution is -2.22. The predicted molar refractivity (Wildman–Crippen MR) is 75.9 cm³/mol. The fraction of sp³-hybridized carbons (Fsp3) is 0.500. The SMILES string of the molecule is CC(=O)NCCC[S@](=O)Cc1cc(C)cc(C)c1. The Morgan fingerprint density at radius 3 is 2.39 bits per heavy atom. The van der Waals surface area contributed by atoms with Gasteiger partial charge in [-0.3, -0.25) is 9.00 Å². The zero-order valence-electron chi connectivity index (χ0n) is 11.3. The monoisotopic (exact) mass is 267 g/mol. The molecule has 4 heteroatoms. The Labute approximate surface area is 111 Å². The topological polar surface area (TPSA) is 46.2 Å². The highest BCUT2D eigenvalue weighted by Gasteiger charge is 2.03. The number of amides is 1. The van der Waals surface area contributed by atoms with Crippen LogP contribution in [0.25, 0.3) is 0 Å². The van der Waals surface area contributed by atoms with E-state index in [-0.39, 0.29) is 5.91 Å². The summed E-state index contributed by atoms with van der Waals surface area (Å²) in [5, 5.41) is 2.71. The van der Waals surface area contributed by atoms with Gasteiger partial charge in [0, 0.05) is 35.8 Å². The summed E-state index contributed by atoms with van der Waals surface area (Å²) in [6.07, 6.45) is 0.761. The molecular formula is C14H21NO2S. The first kappa shape index (κ1) is 14.9. The zero-order chi connectivity index (χ0) is 13.5. The maximum atomic E-state index is 11.9. The van der Waals surface area contributed by atoms with Crippen LogP contribution in [0.5, 0.6) is 0 Å². The molecule has 0 aliphatic rings. The number of carbonyl (C=O) groups is 1. The highest BCUT2D eigenvalue weighted by atomic mass is 32.2. The summed E-state index contributed by atoms with van der Waals surface area (Å²) in [4.78, 5) is 10.7. The Morgan fingerprint density at radius 2 is 1.83 bits per heavy atom. The Balaban J connectivity index is 2.37. The van der Waals surface area contributed by atoms with E-state index in [1.54, 1.807) is 0 Å². The molecule has 1 atom stereocenters. The highest BCUT2D eigenvalue weighted by Crippen LogP contribution is 2.11. The van der Waals surface area contributed by atoms with E-state index in [1.165, 1.54) is 18.1 Å². The summed E-state index contributed by atoms with van der Waals surface area (Å²) >= 11 is 0. The van der Waals surface area contributed by atoms with Gasteiger partial charge in [-0.2, -0.15) is 0 Å². The van der Waals surface area contributed by atoms with Crippen molar-refractivity contribution in [2.45, 2.75) is 32.9 Å². The third-order valence-corrected chi connectivity index (χ3v) is 3.93. The van der Waals surface area contributed by atoms with Gasteiger partial charge in [-0.15, -0.1) is 0 Å². The van der Waals surface area contributed by atoms with Crippen LogP contribution in [0.4, 0.5) is 0 Å². The second-order valence-corrected chi connectivity index (χ2v) is 6.20. The van der Waals surface area contributed by atoms with Gasteiger partial charge in [-0.25, -0.2) is 0 Å². The molecule has 0 bridgehead atoms. The van der Waals surface area contributed by atoms with Crippen molar-refractivity contribution in [3.8, 4) is 0 Å². The molecule has 0 saturated heterocycles. The van der Waals surface area contributed by atoms with Crippen LogP contribution in [0, 0.1) is 13.8 Å². The molecule has 1 N–H and O–H groups in total. The Kier molecular flexibility index (Phi) is 6.05. The third kappa shape index (κ3) is 5.96. The number of hydrogen-bond donors (Lipinski definition) is 1. The number of aryl methyl sites for hydroxylation is 2. The van der Waals surface area contributed by atoms with Crippen LogP contribution >= 0.6 is 0 Å². The lowest BCUT2D eigenvalue weighted by Gasteiger charge is -2.06. The van der Waals surface area contributed by atoms with E-state index in [4.69, 9.17) is 0 Å². The minimum absolute atomic E-state index is 0.0323. The summed E-state index contributed by atoms with van der Waals surface area (Å²) in [6, 6.07) is 6.28. The lowest BCUT2D eigenvalue weighted by molar-refractivity contribution is -0.118. The van der Waals surface area contributed by atoms with E-state index in [0.29, 0.717) is 18.1 Å². The second-order valence-electron chi connectivity index (χ2n) is 4.62. The van der Waals surface area contributed by atoms with Crippen molar-refractivity contribution in [3.63, 3.8) is 0 Å². The number of benzene rings is 1. The fourth-order valence-corrected chi connectivity index (χ4v) is 3.06. The molecule has 0 spiro atoms. The number of nitrogens with one attached hydrogen (secondary N) is 1. The first-order valence-electron chi connectivity index (χ1n) is 6.14. The molecule has 0 heterocycles. The Hall–Kier alpha value is -1.16. The molecule has 0 fully saturated rings. The molecular weight excluding hydrogens is 246 g/mol.